The quantitative estimate of drug-likeness (QED) is 0.0273. The van der Waals surface area contributed by atoms with E-state index in [-0.39, 0.29) is 78.3 Å². The molecule has 20 heteroatoms. The molecule has 14 nitrogen and oxygen atoms in total. The fourth-order valence-electron chi connectivity index (χ4n) is 10.4. The number of ether oxygens (including phenoxy) is 4. The summed E-state index contributed by atoms with van der Waals surface area (Å²) in [4.78, 5) is 86.2. The molecule has 2 heterocycles. The summed E-state index contributed by atoms with van der Waals surface area (Å²) in [5.74, 6) is -3.81. The molecule has 0 bridgehead atoms. The highest BCUT2D eigenvalue weighted by Crippen LogP contribution is 2.47. The number of carbonyl (C=O) groups is 6. The zero-order chi connectivity index (χ0) is 66.8. The van der Waals surface area contributed by atoms with E-state index in [2.05, 4.69) is 74.4 Å². The first-order chi connectivity index (χ1) is 40.4. The first-order valence-corrected chi connectivity index (χ1v) is 30.5. The molecule has 10 unspecified atom stereocenters. The molecule has 2 aliphatic rings. The van der Waals surface area contributed by atoms with E-state index < -0.39 is 65.9 Å². The number of hydrogen-bond donors (Lipinski definition) is 0. The lowest BCUT2D eigenvalue weighted by molar-refractivity contribution is -0.315. The zero-order valence-electron chi connectivity index (χ0n) is 54.7. The number of rotatable bonds is 27. The lowest BCUT2D eigenvalue weighted by Gasteiger charge is -2.56. The van der Waals surface area contributed by atoms with E-state index in [1.54, 1.807) is 5.06 Å². The fraction of sp³-hybridized carbons (Fsp3) is 0.672. The SMILES string of the molecule is C=C(C)C(=O)OCC(F)(F)F.C=CC(=O)OCCCC.CCC1(C)CC(=O)C(C)C(C)(CC)N1OC(C)c1ccccc1.CCCCOC(=O)C(CC(C)c1ccccc1)CC(C)(CON1C(C)(CC)CC(=O)C(C)C1(C)CC)C(=O)OCC(F)(F)F. The lowest BCUT2D eigenvalue weighted by Crippen LogP contribution is -2.67. The van der Waals surface area contributed by atoms with Crippen molar-refractivity contribution >= 4 is 35.4 Å². The van der Waals surface area contributed by atoms with E-state index in [9.17, 15) is 55.1 Å². The van der Waals surface area contributed by atoms with E-state index >= 15 is 0 Å². The van der Waals surface area contributed by atoms with Gasteiger partial charge in [0.2, 0.25) is 0 Å². The van der Waals surface area contributed by atoms with E-state index in [0.29, 0.717) is 44.5 Å². The minimum absolute atomic E-state index is 0.0184. The third-order valence-electron chi connectivity index (χ3n) is 17.1. The third-order valence-corrected chi connectivity index (χ3v) is 17.1. The maximum absolute atomic E-state index is 13.5. The smallest absolute Gasteiger partial charge is 0.422 e. The Hall–Kier alpha value is -5.44. The molecule has 0 amide bonds. The Labute approximate surface area is 514 Å². The van der Waals surface area contributed by atoms with Gasteiger partial charge in [-0.05, 0) is 117 Å². The molecule has 0 spiro atoms. The van der Waals surface area contributed by atoms with Crippen molar-refractivity contribution in [3.63, 3.8) is 0 Å². The normalized spacial score (nSPS) is 24.1. The van der Waals surface area contributed by atoms with Gasteiger partial charge < -0.3 is 18.9 Å². The van der Waals surface area contributed by atoms with E-state index in [1.165, 1.54) is 19.9 Å². The van der Waals surface area contributed by atoms with Gasteiger partial charge in [-0.3, -0.25) is 28.9 Å². The Balaban J connectivity index is 0.000000720. The largest absolute Gasteiger partial charge is 0.465 e. The molecule has 0 aromatic heterocycles. The second kappa shape index (κ2) is 36.3. The summed E-state index contributed by atoms with van der Waals surface area (Å²) in [6.07, 6.45) is -0.721. The number of esters is 4. The van der Waals surface area contributed by atoms with E-state index in [1.807, 2.05) is 111 Å². The van der Waals surface area contributed by atoms with Crippen LogP contribution in [0.3, 0.4) is 0 Å². The number of piperidine rings is 2. The van der Waals surface area contributed by atoms with E-state index in [4.69, 9.17) is 19.1 Å². The molecule has 4 rings (SSSR count). The Kier molecular flexibility index (Phi) is 33.2. The van der Waals surface area contributed by atoms with Gasteiger partial charge in [0.1, 0.15) is 17.7 Å². The van der Waals surface area contributed by atoms with Crippen LogP contribution in [0.4, 0.5) is 26.3 Å². The number of carbonyl (C=O) groups excluding carboxylic acids is 6. The van der Waals surface area contributed by atoms with Crippen molar-refractivity contribution in [2.45, 2.75) is 234 Å². The van der Waals surface area contributed by atoms with Gasteiger partial charge >= 0.3 is 36.2 Å². The van der Waals surface area contributed by atoms with Gasteiger partial charge in [0.05, 0.1) is 53.3 Å². The molecule has 2 aromatic rings. The molecular weight excluding hydrogens is 1140 g/mol. The summed E-state index contributed by atoms with van der Waals surface area (Å²) in [5.41, 5.74) is -1.49. The predicted octanol–water partition coefficient (Wildman–Crippen LogP) is 15.9. The number of unbranched alkanes of at least 4 members (excludes halogenated alkanes) is 2. The van der Waals surface area contributed by atoms with Crippen LogP contribution in [-0.2, 0) is 57.4 Å². The number of alkyl halides is 6. The molecule has 0 radical (unpaired) electrons. The van der Waals surface area contributed by atoms with Gasteiger partial charge in [-0.25, -0.2) is 9.59 Å². The lowest BCUT2D eigenvalue weighted by atomic mass is 9.70. The van der Waals surface area contributed by atoms with Crippen LogP contribution in [0.15, 0.2) is 85.5 Å². The second-order valence-electron chi connectivity index (χ2n) is 24.3. The van der Waals surface area contributed by atoms with Gasteiger partial charge in [0, 0.05) is 36.3 Å². The highest BCUT2D eigenvalue weighted by molar-refractivity contribution is 5.87. The molecule has 2 aromatic carbocycles. The minimum atomic E-state index is -4.72. The summed E-state index contributed by atoms with van der Waals surface area (Å²) < 4.78 is 92.5. The number of Topliss-reactive ketones (excluding diaryl/α,β-unsaturated/α-hetero) is 2. The van der Waals surface area contributed by atoms with Crippen LogP contribution >= 0.6 is 0 Å². The zero-order valence-corrected chi connectivity index (χ0v) is 54.7. The van der Waals surface area contributed by atoms with Crippen LogP contribution in [0.5, 0.6) is 0 Å². The maximum Gasteiger partial charge on any atom is 0.422 e. The van der Waals surface area contributed by atoms with E-state index in [0.717, 1.165) is 43.2 Å². The number of halogens is 6. The molecule has 494 valence electrons. The Bertz CT molecular complexity index is 2480. The Morgan fingerprint density at radius 2 is 1.09 bits per heavy atom. The van der Waals surface area contributed by atoms with Gasteiger partial charge in [-0.2, -0.15) is 36.5 Å². The van der Waals surface area contributed by atoms with Crippen molar-refractivity contribution in [3.05, 3.63) is 96.6 Å². The summed E-state index contributed by atoms with van der Waals surface area (Å²) in [7, 11) is 0. The molecule has 2 aliphatic heterocycles. The number of nitrogens with zero attached hydrogens (tertiary/aromatic N) is 2. The van der Waals surface area contributed by atoms with Crippen molar-refractivity contribution in [2.75, 3.05) is 33.0 Å². The number of hydroxylamine groups is 4. The van der Waals surface area contributed by atoms with Crippen molar-refractivity contribution < 1.29 is 83.7 Å². The Morgan fingerprint density at radius 1 is 0.655 bits per heavy atom. The molecule has 0 aliphatic carbocycles. The monoisotopic (exact) mass is 1240 g/mol. The van der Waals surface area contributed by atoms with Crippen molar-refractivity contribution in [2.24, 2.45) is 23.2 Å². The fourth-order valence-corrected chi connectivity index (χ4v) is 10.4. The van der Waals surface area contributed by atoms with Gasteiger partial charge in [-0.15, -0.1) is 0 Å². The molecule has 2 saturated heterocycles. The summed E-state index contributed by atoms with van der Waals surface area (Å²) in [5, 5.41) is 3.94. The Morgan fingerprint density at radius 3 is 1.52 bits per heavy atom. The van der Waals surface area contributed by atoms with Crippen molar-refractivity contribution in [1.82, 2.24) is 10.1 Å². The summed E-state index contributed by atoms with van der Waals surface area (Å²) in [6.45, 7) is 34.5. The molecule has 10 atom stereocenters. The van der Waals surface area contributed by atoms with Crippen LogP contribution in [0, 0.1) is 23.2 Å². The highest BCUT2D eigenvalue weighted by Gasteiger charge is 2.56. The first-order valence-electron chi connectivity index (χ1n) is 30.5. The van der Waals surface area contributed by atoms with Gasteiger partial charge in [0.15, 0.2) is 13.2 Å². The maximum atomic E-state index is 13.5. The number of ketones is 2. The highest BCUT2D eigenvalue weighted by atomic mass is 19.4. The molecule has 2 fully saturated rings. The van der Waals surface area contributed by atoms with Gasteiger partial charge in [0.25, 0.3) is 0 Å². The summed E-state index contributed by atoms with van der Waals surface area (Å²) in [6, 6.07) is 19.8. The van der Waals surface area contributed by atoms with Crippen molar-refractivity contribution in [3.8, 4) is 0 Å². The predicted molar refractivity (Wildman–Crippen MR) is 324 cm³/mol. The van der Waals surface area contributed by atoms with Crippen LogP contribution in [0.25, 0.3) is 0 Å². The van der Waals surface area contributed by atoms with Crippen LogP contribution in [-0.4, -0.2) is 113 Å². The van der Waals surface area contributed by atoms with Crippen LogP contribution < -0.4 is 0 Å². The minimum Gasteiger partial charge on any atom is -0.465 e. The molecular formula is C67H102F6N2O12. The molecule has 0 N–H and O–H groups in total. The average Bonchev–Trinajstić information content (AvgIpc) is 0.792. The number of benzene rings is 2. The van der Waals surface area contributed by atoms with Crippen LogP contribution in [0.2, 0.25) is 0 Å². The molecule has 0 saturated carbocycles. The molecule has 87 heavy (non-hydrogen) atoms. The first kappa shape index (κ1) is 79.6. The summed E-state index contributed by atoms with van der Waals surface area (Å²) >= 11 is 0. The van der Waals surface area contributed by atoms with Crippen LogP contribution in [0.1, 0.15) is 211 Å². The topological polar surface area (TPSA) is 164 Å². The van der Waals surface area contributed by atoms with Crippen molar-refractivity contribution in [1.29, 1.82) is 0 Å². The second-order valence-corrected chi connectivity index (χ2v) is 24.3. The third kappa shape index (κ3) is 24.8. The standard InChI is InChI=1S/C34H52F3NO6.C20H31NO2.C7H12O2.C6H7F3O2/c1-9-12-18-42-29(40)27(19-24(4)26-16-14-13-15-17-26)20-31(6,30(41)43-23-34(35,36)37)22-44-38-32(7,10-2)21-28(39)25(5)33(38,8)11-3;1-7-19(5)14-18(22)15(3)20(6,8-2)21(19)23-16(4)17-12-10-9-11-13-17;1-3-5-6-9-7(8)4-2;1-4(2)5(10)11-3-6(7,8)9/h13-17,24-25,27H,9-12,18-23H2,1-8H3;9-13,15-16H,7-8,14H2,1-6H3;4H,2-3,5-6H2,1H3;1,3H2,2H3. The average molecular weight is 1240 g/mol. The number of hydrogen-bond acceptors (Lipinski definition) is 14. The van der Waals surface area contributed by atoms with Gasteiger partial charge in [-0.1, -0.05) is 149 Å².